The number of hydrogen-bond donors (Lipinski definition) is 0. The fourth-order valence-electron chi connectivity index (χ4n) is 1.85. The van der Waals surface area contributed by atoms with Crippen LogP contribution in [0.15, 0.2) is 54.9 Å². The Bertz CT molecular complexity index is 680. The molecule has 0 amide bonds. The van der Waals surface area contributed by atoms with E-state index < -0.39 is 0 Å². The van der Waals surface area contributed by atoms with Crippen LogP contribution in [-0.4, -0.2) is 9.97 Å². The lowest BCUT2D eigenvalue weighted by molar-refractivity contribution is 1.21. The van der Waals surface area contributed by atoms with Gasteiger partial charge in [0.05, 0.1) is 0 Å². The second-order valence-electron chi connectivity index (χ2n) is 3.76. The molecule has 0 N–H and O–H groups in total. The Hall–Kier alpha value is -1.93. The summed E-state index contributed by atoms with van der Waals surface area (Å²) < 4.78 is 0. The van der Waals surface area contributed by atoms with Gasteiger partial charge < -0.3 is 0 Å². The van der Waals surface area contributed by atoms with E-state index in [1.807, 2.05) is 18.2 Å². The predicted octanol–water partition coefficient (Wildman–Crippen LogP) is 3.95. The molecule has 0 aliphatic rings. The van der Waals surface area contributed by atoms with Crippen molar-refractivity contribution in [3.8, 4) is 11.3 Å². The topological polar surface area (TPSA) is 25.8 Å². The van der Waals surface area contributed by atoms with Gasteiger partial charge in [0.2, 0.25) is 0 Å². The number of benzene rings is 2. The Labute approximate surface area is 104 Å². The maximum atomic E-state index is 6.04. The molecule has 0 atom stereocenters. The summed E-state index contributed by atoms with van der Waals surface area (Å²) >= 11 is 6.04. The van der Waals surface area contributed by atoms with Crippen molar-refractivity contribution < 1.29 is 0 Å². The lowest BCUT2D eigenvalue weighted by atomic mass is 10.1. The highest BCUT2D eigenvalue weighted by atomic mass is 35.5. The third-order valence-electron chi connectivity index (χ3n) is 2.68. The van der Waals surface area contributed by atoms with Crippen LogP contribution in [0.3, 0.4) is 0 Å². The van der Waals surface area contributed by atoms with Crippen molar-refractivity contribution in [2.45, 2.75) is 0 Å². The number of rotatable bonds is 1. The van der Waals surface area contributed by atoms with Crippen LogP contribution in [0.5, 0.6) is 0 Å². The lowest BCUT2D eigenvalue weighted by Crippen LogP contribution is -1.87. The smallest absolute Gasteiger partial charge is 0.155 e. The average Bonchev–Trinajstić information content (AvgIpc) is 2.39. The number of hydrogen-bond acceptors (Lipinski definition) is 2. The maximum absolute atomic E-state index is 6.04. The van der Waals surface area contributed by atoms with Crippen LogP contribution in [0.4, 0.5) is 0 Å². The molecule has 3 rings (SSSR count). The van der Waals surface area contributed by atoms with Crippen LogP contribution >= 0.6 is 11.6 Å². The number of halogens is 1. The van der Waals surface area contributed by atoms with Gasteiger partial charge in [0.25, 0.3) is 0 Å². The molecule has 0 fully saturated rings. The summed E-state index contributed by atoms with van der Waals surface area (Å²) in [5.74, 6) is 0. The quantitative estimate of drug-likeness (QED) is 0.644. The van der Waals surface area contributed by atoms with Crippen LogP contribution in [0.25, 0.3) is 22.0 Å². The predicted molar refractivity (Wildman–Crippen MR) is 70.0 cm³/mol. The highest BCUT2D eigenvalue weighted by molar-refractivity contribution is 6.31. The minimum Gasteiger partial charge on any atom is -0.251 e. The van der Waals surface area contributed by atoms with Crippen molar-refractivity contribution in [2.75, 3.05) is 0 Å². The van der Waals surface area contributed by atoms with Gasteiger partial charge in [-0.15, -0.1) is 0 Å². The molecule has 3 heteroatoms. The summed E-state index contributed by atoms with van der Waals surface area (Å²) in [6.45, 7) is 0. The van der Waals surface area contributed by atoms with Crippen LogP contribution in [0.2, 0.25) is 5.15 Å². The molecule has 1 aromatic heterocycles. The largest absolute Gasteiger partial charge is 0.251 e. The Kier molecular flexibility index (Phi) is 2.50. The fraction of sp³-hybridized carbons (Fsp3) is 0. The third-order valence-corrected chi connectivity index (χ3v) is 2.95. The second-order valence-corrected chi connectivity index (χ2v) is 4.12. The van der Waals surface area contributed by atoms with Crippen LogP contribution in [0, 0.1) is 0 Å². The van der Waals surface area contributed by atoms with E-state index in [2.05, 4.69) is 34.2 Å². The first-order chi connectivity index (χ1) is 8.34. The number of aromatic nitrogens is 2. The van der Waals surface area contributed by atoms with Crippen molar-refractivity contribution in [3.63, 3.8) is 0 Å². The van der Waals surface area contributed by atoms with Gasteiger partial charge in [-0.2, -0.15) is 0 Å². The van der Waals surface area contributed by atoms with Gasteiger partial charge in [-0.05, 0) is 16.8 Å². The molecule has 0 aliphatic carbocycles. The average molecular weight is 241 g/mol. The molecule has 82 valence electrons. The third kappa shape index (κ3) is 1.87. The molecule has 0 unspecified atom stereocenters. The molecule has 17 heavy (non-hydrogen) atoms. The van der Waals surface area contributed by atoms with E-state index >= 15 is 0 Å². The van der Waals surface area contributed by atoms with Crippen molar-refractivity contribution >= 4 is 22.4 Å². The summed E-state index contributed by atoms with van der Waals surface area (Å²) in [5.41, 5.74) is 1.71. The molecule has 3 aromatic rings. The molecule has 2 nitrogen and oxygen atoms in total. The van der Waals surface area contributed by atoms with Crippen molar-refractivity contribution in [2.24, 2.45) is 0 Å². The summed E-state index contributed by atoms with van der Waals surface area (Å²) in [6, 6.07) is 14.3. The van der Waals surface area contributed by atoms with Crippen LogP contribution in [0.1, 0.15) is 0 Å². The van der Waals surface area contributed by atoms with Gasteiger partial charge in [0.1, 0.15) is 5.69 Å². The highest BCUT2D eigenvalue weighted by Gasteiger charge is 2.05. The monoisotopic (exact) mass is 240 g/mol. The van der Waals surface area contributed by atoms with E-state index in [9.17, 15) is 0 Å². The standard InChI is InChI=1S/C14H9ClN2/c15-14-13(16-7-8-17-14)12-6-5-10-3-1-2-4-11(10)9-12/h1-9H. The van der Waals surface area contributed by atoms with Gasteiger partial charge in [0, 0.05) is 18.0 Å². The normalized spacial score (nSPS) is 10.6. The Morgan fingerprint density at radius 3 is 2.41 bits per heavy atom. The molecule has 1 heterocycles. The Morgan fingerprint density at radius 1 is 0.824 bits per heavy atom. The SMILES string of the molecule is Clc1nccnc1-c1ccc2ccccc2c1. The summed E-state index contributed by atoms with van der Waals surface area (Å²) in [7, 11) is 0. The summed E-state index contributed by atoms with van der Waals surface area (Å²) in [4.78, 5) is 8.30. The zero-order valence-corrected chi connectivity index (χ0v) is 9.72. The van der Waals surface area contributed by atoms with E-state index in [1.165, 1.54) is 10.8 Å². The molecule has 2 aromatic carbocycles. The zero-order valence-electron chi connectivity index (χ0n) is 8.97. The first-order valence-electron chi connectivity index (χ1n) is 5.30. The molecular weight excluding hydrogens is 232 g/mol. The van der Waals surface area contributed by atoms with Crippen LogP contribution in [-0.2, 0) is 0 Å². The minimum absolute atomic E-state index is 0.433. The van der Waals surface area contributed by atoms with E-state index in [-0.39, 0.29) is 0 Å². The zero-order chi connectivity index (χ0) is 11.7. The van der Waals surface area contributed by atoms with Crippen LogP contribution < -0.4 is 0 Å². The molecule has 0 aliphatic heterocycles. The molecule has 0 radical (unpaired) electrons. The van der Waals surface area contributed by atoms with Gasteiger partial charge in [-0.3, -0.25) is 4.98 Å². The first-order valence-corrected chi connectivity index (χ1v) is 5.68. The summed E-state index contributed by atoms with van der Waals surface area (Å²) in [5, 5.41) is 2.81. The first kappa shape index (κ1) is 10.2. The number of fused-ring (bicyclic) bond motifs is 1. The maximum Gasteiger partial charge on any atom is 0.155 e. The number of nitrogens with zero attached hydrogens (tertiary/aromatic N) is 2. The van der Waals surface area contributed by atoms with E-state index in [0.717, 1.165) is 11.3 Å². The molecule has 0 saturated carbocycles. The van der Waals surface area contributed by atoms with Crippen molar-refractivity contribution in [3.05, 3.63) is 60.0 Å². The van der Waals surface area contributed by atoms with E-state index in [0.29, 0.717) is 5.15 Å². The van der Waals surface area contributed by atoms with Gasteiger partial charge in [-0.25, -0.2) is 4.98 Å². The summed E-state index contributed by atoms with van der Waals surface area (Å²) in [6.07, 6.45) is 3.24. The second kappa shape index (κ2) is 4.15. The fourth-order valence-corrected chi connectivity index (χ4v) is 2.07. The van der Waals surface area contributed by atoms with Crippen molar-refractivity contribution in [1.82, 2.24) is 9.97 Å². The van der Waals surface area contributed by atoms with Crippen molar-refractivity contribution in [1.29, 1.82) is 0 Å². The molecule has 0 bridgehead atoms. The van der Waals surface area contributed by atoms with Gasteiger partial charge in [0.15, 0.2) is 5.15 Å². The minimum atomic E-state index is 0.433. The molecular formula is C14H9ClN2. The van der Waals surface area contributed by atoms with Gasteiger partial charge in [-0.1, -0.05) is 48.0 Å². The van der Waals surface area contributed by atoms with Gasteiger partial charge >= 0.3 is 0 Å². The Balaban J connectivity index is 2.22. The highest BCUT2D eigenvalue weighted by Crippen LogP contribution is 2.26. The van der Waals surface area contributed by atoms with E-state index in [1.54, 1.807) is 12.4 Å². The lowest BCUT2D eigenvalue weighted by Gasteiger charge is -2.04. The Morgan fingerprint density at radius 2 is 1.59 bits per heavy atom. The van der Waals surface area contributed by atoms with E-state index in [4.69, 9.17) is 11.6 Å². The molecule has 0 spiro atoms. The molecule has 0 saturated heterocycles.